The third-order valence-corrected chi connectivity index (χ3v) is 3.43. The summed E-state index contributed by atoms with van der Waals surface area (Å²) in [6.07, 6.45) is 3.31. The van der Waals surface area contributed by atoms with Crippen LogP contribution in [-0.2, 0) is 4.79 Å². The summed E-state index contributed by atoms with van der Waals surface area (Å²) in [6.45, 7) is 5.03. The quantitative estimate of drug-likeness (QED) is 0.669. The van der Waals surface area contributed by atoms with Crippen molar-refractivity contribution >= 4 is 17.4 Å². The van der Waals surface area contributed by atoms with Gasteiger partial charge in [-0.1, -0.05) is 0 Å². The van der Waals surface area contributed by atoms with Gasteiger partial charge in [0.2, 0.25) is 5.91 Å². The van der Waals surface area contributed by atoms with Crippen LogP contribution in [0.5, 0.6) is 0 Å². The minimum Gasteiger partial charge on any atom is -0.359 e. The molecule has 0 radical (unpaired) electrons. The largest absolute Gasteiger partial charge is 0.359 e. The van der Waals surface area contributed by atoms with Gasteiger partial charge in [-0.2, -0.15) is 0 Å². The molecule has 1 unspecified atom stereocenters. The van der Waals surface area contributed by atoms with E-state index in [9.17, 15) is 14.9 Å². The number of likely N-dealkylation sites (tertiary alicyclic amines) is 1. The van der Waals surface area contributed by atoms with Crippen LogP contribution in [0.3, 0.4) is 0 Å². The fraction of sp³-hybridized carbons (Fsp3) is 0.538. The van der Waals surface area contributed by atoms with Crippen molar-refractivity contribution in [2.24, 2.45) is 0 Å². The van der Waals surface area contributed by atoms with Gasteiger partial charge < -0.3 is 10.2 Å². The van der Waals surface area contributed by atoms with E-state index in [1.54, 1.807) is 19.9 Å². The second-order valence-corrected chi connectivity index (χ2v) is 5.01. The summed E-state index contributed by atoms with van der Waals surface area (Å²) in [6, 6.07) is 1.20. The van der Waals surface area contributed by atoms with Gasteiger partial charge in [-0.05, 0) is 32.8 Å². The fourth-order valence-electron chi connectivity index (χ4n) is 2.31. The molecule has 0 aliphatic carbocycles. The number of hydrogen-bond donors (Lipinski definition) is 1. The summed E-state index contributed by atoms with van der Waals surface area (Å²) in [5.74, 6) is 0.522. The van der Waals surface area contributed by atoms with Crippen molar-refractivity contribution in [3.8, 4) is 0 Å². The maximum atomic E-state index is 12.1. The van der Waals surface area contributed by atoms with Gasteiger partial charge in [-0.3, -0.25) is 14.9 Å². The van der Waals surface area contributed by atoms with E-state index in [0.717, 1.165) is 25.9 Å². The van der Waals surface area contributed by atoms with Crippen molar-refractivity contribution < 1.29 is 9.72 Å². The van der Waals surface area contributed by atoms with Crippen LogP contribution in [0.2, 0.25) is 0 Å². The SMILES string of the molecule is Cc1cc(NC(C)C(=O)N2CCCC2)ncc1[N+](=O)[O-]. The molecule has 1 fully saturated rings. The number of nitrogens with one attached hydrogen (secondary N) is 1. The van der Waals surface area contributed by atoms with E-state index in [0.29, 0.717) is 11.4 Å². The van der Waals surface area contributed by atoms with E-state index < -0.39 is 4.92 Å². The van der Waals surface area contributed by atoms with Crippen LogP contribution in [0.4, 0.5) is 11.5 Å². The number of carbonyl (C=O) groups is 1. The van der Waals surface area contributed by atoms with Gasteiger partial charge in [0.1, 0.15) is 18.1 Å². The zero-order chi connectivity index (χ0) is 14.7. The number of rotatable bonds is 4. The summed E-state index contributed by atoms with van der Waals surface area (Å²) < 4.78 is 0. The van der Waals surface area contributed by atoms with Gasteiger partial charge in [-0.15, -0.1) is 0 Å². The first-order valence-corrected chi connectivity index (χ1v) is 6.65. The monoisotopic (exact) mass is 278 g/mol. The summed E-state index contributed by atoms with van der Waals surface area (Å²) in [5.41, 5.74) is 0.502. The first kappa shape index (κ1) is 14.2. The highest BCUT2D eigenvalue weighted by Gasteiger charge is 2.23. The van der Waals surface area contributed by atoms with E-state index in [1.807, 2.05) is 4.90 Å². The molecule has 1 saturated heterocycles. The zero-order valence-corrected chi connectivity index (χ0v) is 11.6. The number of anilines is 1. The summed E-state index contributed by atoms with van der Waals surface area (Å²) >= 11 is 0. The van der Waals surface area contributed by atoms with Crippen molar-refractivity contribution in [3.63, 3.8) is 0 Å². The Bertz CT molecular complexity index is 526. The highest BCUT2D eigenvalue weighted by atomic mass is 16.6. The molecule has 1 atom stereocenters. The Balaban J connectivity index is 2.04. The number of hydrogen-bond acceptors (Lipinski definition) is 5. The minimum absolute atomic E-state index is 0.0194. The van der Waals surface area contributed by atoms with Crippen LogP contribution >= 0.6 is 0 Å². The average Bonchev–Trinajstić information content (AvgIpc) is 2.91. The predicted molar refractivity (Wildman–Crippen MR) is 74.5 cm³/mol. The number of aryl methyl sites for hydroxylation is 1. The van der Waals surface area contributed by atoms with Gasteiger partial charge in [0.15, 0.2) is 0 Å². The van der Waals surface area contributed by atoms with Gasteiger partial charge in [-0.25, -0.2) is 4.98 Å². The molecule has 1 aliphatic rings. The minimum atomic E-state index is -0.467. The number of amides is 1. The first-order valence-electron chi connectivity index (χ1n) is 6.65. The topological polar surface area (TPSA) is 88.4 Å². The lowest BCUT2D eigenvalue weighted by molar-refractivity contribution is -0.385. The second-order valence-electron chi connectivity index (χ2n) is 5.01. The van der Waals surface area contributed by atoms with Crippen LogP contribution in [0.25, 0.3) is 0 Å². The predicted octanol–water partition coefficient (Wildman–Crippen LogP) is 1.72. The highest BCUT2D eigenvalue weighted by molar-refractivity contribution is 5.84. The zero-order valence-electron chi connectivity index (χ0n) is 11.6. The molecule has 1 N–H and O–H groups in total. The molecule has 2 rings (SSSR count). The van der Waals surface area contributed by atoms with Crippen LogP contribution in [0.15, 0.2) is 12.3 Å². The fourth-order valence-corrected chi connectivity index (χ4v) is 2.31. The van der Waals surface area contributed by atoms with E-state index in [2.05, 4.69) is 10.3 Å². The third-order valence-electron chi connectivity index (χ3n) is 3.43. The number of pyridine rings is 1. The van der Waals surface area contributed by atoms with Gasteiger partial charge in [0, 0.05) is 18.7 Å². The van der Waals surface area contributed by atoms with Crippen molar-refractivity contribution in [1.82, 2.24) is 9.88 Å². The van der Waals surface area contributed by atoms with E-state index in [1.165, 1.54) is 6.20 Å². The number of nitrogens with zero attached hydrogens (tertiary/aromatic N) is 3. The molecule has 108 valence electrons. The standard InChI is InChI=1S/C13H18N4O3/c1-9-7-12(14-8-11(9)17(19)20)15-10(2)13(18)16-5-3-4-6-16/h7-8,10H,3-6H2,1-2H3,(H,14,15). The van der Waals surface area contributed by atoms with Crippen LogP contribution in [0, 0.1) is 17.0 Å². The van der Waals surface area contributed by atoms with Gasteiger partial charge in [0.05, 0.1) is 4.92 Å². The Morgan fingerprint density at radius 3 is 2.70 bits per heavy atom. The van der Waals surface area contributed by atoms with E-state index >= 15 is 0 Å². The van der Waals surface area contributed by atoms with E-state index in [-0.39, 0.29) is 17.6 Å². The smallest absolute Gasteiger partial charge is 0.290 e. The normalized spacial score (nSPS) is 16.0. The summed E-state index contributed by atoms with van der Waals surface area (Å²) in [7, 11) is 0. The number of nitro groups is 1. The molecule has 1 aromatic rings. The molecule has 1 aromatic heterocycles. The molecule has 0 bridgehead atoms. The maximum Gasteiger partial charge on any atom is 0.290 e. The van der Waals surface area contributed by atoms with Crippen molar-refractivity contribution in [3.05, 3.63) is 27.9 Å². The van der Waals surface area contributed by atoms with Gasteiger partial charge >= 0.3 is 0 Å². The summed E-state index contributed by atoms with van der Waals surface area (Å²) in [4.78, 5) is 28.2. The molecule has 20 heavy (non-hydrogen) atoms. The Labute approximate surface area is 117 Å². The van der Waals surface area contributed by atoms with Crippen molar-refractivity contribution in [2.75, 3.05) is 18.4 Å². The van der Waals surface area contributed by atoms with Crippen LogP contribution in [0.1, 0.15) is 25.3 Å². The lowest BCUT2D eigenvalue weighted by Crippen LogP contribution is -2.39. The lowest BCUT2D eigenvalue weighted by atomic mass is 10.2. The molecule has 7 heteroatoms. The molecule has 1 amide bonds. The maximum absolute atomic E-state index is 12.1. The van der Waals surface area contributed by atoms with Gasteiger partial charge in [0.25, 0.3) is 5.69 Å². The lowest BCUT2D eigenvalue weighted by Gasteiger charge is -2.21. The number of carbonyl (C=O) groups excluding carboxylic acids is 1. The number of aromatic nitrogens is 1. The average molecular weight is 278 g/mol. The molecular weight excluding hydrogens is 260 g/mol. The second kappa shape index (κ2) is 5.85. The van der Waals surface area contributed by atoms with Crippen LogP contribution in [-0.4, -0.2) is 39.8 Å². The molecule has 2 heterocycles. The third kappa shape index (κ3) is 3.04. The van der Waals surface area contributed by atoms with Crippen LogP contribution < -0.4 is 5.32 Å². The molecule has 1 aliphatic heterocycles. The Morgan fingerprint density at radius 1 is 1.50 bits per heavy atom. The van der Waals surface area contributed by atoms with Crippen molar-refractivity contribution in [1.29, 1.82) is 0 Å². The summed E-state index contributed by atoms with van der Waals surface area (Å²) in [5, 5.41) is 13.7. The molecular formula is C13H18N4O3. The van der Waals surface area contributed by atoms with E-state index in [4.69, 9.17) is 0 Å². The Morgan fingerprint density at radius 2 is 2.15 bits per heavy atom. The Hall–Kier alpha value is -2.18. The van der Waals surface area contributed by atoms with Crippen molar-refractivity contribution in [2.45, 2.75) is 32.7 Å². The first-order chi connectivity index (χ1) is 9.49. The molecule has 0 aromatic carbocycles. The molecule has 0 saturated carbocycles. The molecule has 7 nitrogen and oxygen atoms in total. The highest BCUT2D eigenvalue weighted by Crippen LogP contribution is 2.19. The molecule has 0 spiro atoms. The Kier molecular flexibility index (Phi) is 4.16.